The van der Waals surface area contributed by atoms with Crippen molar-refractivity contribution in [2.75, 3.05) is 19.6 Å². The molecule has 0 aromatic carbocycles. The fourth-order valence-corrected chi connectivity index (χ4v) is 1.28. The molecule has 5 heteroatoms. The lowest BCUT2D eigenvalue weighted by atomic mass is 10.3. The van der Waals surface area contributed by atoms with E-state index in [1.165, 1.54) is 38.9 Å². The second-order valence-corrected chi connectivity index (χ2v) is 3.45. The van der Waals surface area contributed by atoms with Gasteiger partial charge in [0.05, 0.1) is 0 Å². The Morgan fingerprint density at radius 1 is 0.812 bits per heavy atom. The Balaban J connectivity index is 0. The van der Waals surface area contributed by atoms with Gasteiger partial charge < -0.3 is 15.1 Å². The molecule has 0 fully saturated rings. The molecule has 0 aromatic heterocycles. The van der Waals surface area contributed by atoms with Crippen LogP contribution in [0.1, 0.15) is 40.0 Å². The second-order valence-electron chi connectivity index (χ2n) is 3.45. The summed E-state index contributed by atoms with van der Waals surface area (Å²) in [7, 11) is 0. The van der Waals surface area contributed by atoms with Gasteiger partial charge in [0.25, 0.3) is 0 Å². The number of carbonyl (C=O) groups is 2. The Morgan fingerprint density at radius 3 is 1.19 bits per heavy atom. The summed E-state index contributed by atoms with van der Waals surface area (Å²) >= 11 is 0. The van der Waals surface area contributed by atoms with Gasteiger partial charge in [0.15, 0.2) is 0 Å². The summed E-state index contributed by atoms with van der Waals surface area (Å²) in [4.78, 5) is 20.7. The Hall–Kier alpha value is -1.10. The van der Waals surface area contributed by atoms with E-state index in [9.17, 15) is 0 Å². The third kappa shape index (κ3) is 12.9. The van der Waals surface area contributed by atoms with Gasteiger partial charge in [-0.05, 0) is 38.9 Å². The first kappa shape index (κ1) is 17.3. The maximum Gasteiger partial charge on any atom is 0.414 e. The smallest absolute Gasteiger partial charge is 0.414 e. The number of aliphatic carboxylic acids is 2. The summed E-state index contributed by atoms with van der Waals surface area (Å²) in [5.74, 6) is -3.65. The van der Waals surface area contributed by atoms with Crippen molar-refractivity contribution in [1.29, 1.82) is 0 Å². The lowest BCUT2D eigenvalue weighted by molar-refractivity contribution is -0.159. The van der Waals surface area contributed by atoms with Gasteiger partial charge in [-0.2, -0.15) is 0 Å². The fraction of sp³-hybridized carbons (Fsp3) is 0.818. The lowest BCUT2D eigenvalue weighted by Crippen LogP contribution is -2.25. The molecule has 2 N–H and O–H groups in total. The first-order valence-corrected chi connectivity index (χ1v) is 5.68. The van der Waals surface area contributed by atoms with E-state index in [0.29, 0.717) is 0 Å². The van der Waals surface area contributed by atoms with Gasteiger partial charge in [0, 0.05) is 0 Å². The maximum atomic E-state index is 9.10. The SMILES string of the molecule is CCCN(CCC)CCC.O=C(O)C(=O)O. The van der Waals surface area contributed by atoms with Crippen LogP contribution >= 0.6 is 0 Å². The van der Waals surface area contributed by atoms with E-state index in [4.69, 9.17) is 19.8 Å². The summed E-state index contributed by atoms with van der Waals surface area (Å²) in [5.41, 5.74) is 0. The molecule has 0 saturated carbocycles. The Labute approximate surface area is 97.1 Å². The number of carboxylic acid groups (broad SMARTS) is 2. The Bertz CT molecular complexity index is 168. The molecule has 0 atom stereocenters. The van der Waals surface area contributed by atoms with Crippen molar-refractivity contribution < 1.29 is 19.8 Å². The molecule has 0 aliphatic heterocycles. The van der Waals surface area contributed by atoms with Crippen LogP contribution < -0.4 is 0 Å². The molecular weight excluding hydrogens is 210 g/mol. The molecule has 96 valence electrons. The normalized spacial score (nSPS) is 9.50. The second kappa shape index (κ2) is 12.0. The summed E-state index contributed by atoms with van der Waals surface area (Å²) in [6.45, 7) is 10.6. The van der Waals surface area contributed by atoms with E-state index in [0.717, 1.165) is 0 Å². The molecule has 5 nitrogen and oxygen atoms in total. The van der Waals surface area contributed by atoms with Gasteiger partial charge in [-0.25, -0.2) is 9.59 Å². The van der Waals surface area contributed by atoms with Crippen LogP contribution in [0.15, 0.2) is 0 Å². The highest BCUT2D eigenvalue weighted by Gasteiger charge is 2.04. The average Bonchev–Trinajstić information content (AvgIpc) is 2.19. The third-order valence-electron chi connectivity index (χ3n) is 1.80. The highest BCUT2D eigenvalue weighted by atomic mass is 16.4. The van der Waals surface area contributed by atoms with Gasteiger partial charge in [-0.3, -0.25) is 0 Å². The largest absolute Gasteiger partial charge is 0.473 e. The molecule has 0 rings (SSSR count). The number of hydrogen-bond acceptors (Lipinski definition) is 3. The predicted octanol–water partition coefficient (Wildman–Crippen LogP) is 1.67. The minimum absolute atomic E-state index is 1.28. The Kier molecular flexibility index (Phi) is 12.9. The molecule has 0 aromatic rings. The van der Waals surface area contributed by atoms with E-state index in [2.05, 4.69) is 25.7 Å². The average molecular weight is 233 g/mol. The molecule has 0 aliphatic carbocycles. The van der Waals surface area contributed by atoms with Crippen LogP contribution in [0, 0.1) is 0 Å². The fourth-order valence-electron chi connectivity index (χ4n) is 1.28. The monoisotopic (exact) mass is 233 g/mol. The number of rotatable bonds is 6. The van der Waals surface area contributed by atoms with Crippen LogP contribution in [0.4, 0.5) is 0 Å². The van der Waals surface area contributed by atoms with E-state index < -0.39 is 11.9 Å². The summed E-state index contributed by atoms with van der Waals surface area (Å²) in [6.07, 6.45) is 3.88. The zero-order valence-corrected chi connectivity index (χ0v) is 10.4. The molecule has 0 saturated heterocycles. The molecule has 0 amide bonds. The van der Waals surface area contributed by atoms with Crippen molar-refractivity contribution in [3.8, 4) is 0 Å². The summed E-state index contributed by atoms with van der Waals surface area (Å²) < 4.78 is 0. The number of carboxylic acids is 2. The van der Waals surface area contributed by atoms with Crippen LogP contribution in [-0.4, -0.2) is 46.7 Å². The maximum absolute atomic E-state index is 9.10. The minimum atomic E-state index is -1.82. The standard InChI is InChI=1S/C9H21N.C2H2O4/c1-4-7-10(8-5-2)9-6-3;3-1(4)2(5)6/h4-9H2,1-3H3;(H,3,4)(H,5,6). The van der Waals surface area contributed by atoms with Crippen molar-refractivity contribution in [2.24, 2.45) is 0 Å². The van der Waals surface area contributed by atoms with Gasteiger partial charge in [0.1, 0.15) is 0 Å². The topological polar surface area (TPSA) is 77.8 Å². The van der Waals surface area contributed by atoms with Crippen molar-refractivity contribution in [2.45, 2.75) is 40.0 Å². The minimum Gasteiger partial charge on any atom is -0.473 e. The van der Waals surface area contributed by atoms with Gasteiger partial charge in [0.2, 0.25) is 0 Å². The molecule has 0 aliphatic rings. The number of hydrogen-bond donors (Lipinski definition) is 2. The molecule has 0 heterocycles. The zero-order valence-electron chi connectivity index (χ0n) is 10.4. The van der Waals surface area contributed by atoms with Crippen LogP contribution in [0.3, 0.4) is 0 Å². The van der Waals surface area contributed by atoms with Gasteiger partial charge in [-0.15, -0.1) is 0 Å². The van der Waals surface area contributed by atoms with Crippen LogP contribution in [-0.2, 0) is 9.59 Å². The molecular formula is C11H23NO4. The highest BCUT2D eigenvalue weighted by molar-refractivity contribution is 6.27. The van der Waals surface area contributed by atoms with Crippen molar-refractivity contribution in [3.63, 3.8) is 0 Å². The van der Waals surface area contributed by atoms with Crippen LogP contribution in [0.2, 0.25) is 0 Å². The summed E-state index contributed by atoms with van der Waals surface area (Å²) in [6, 6.07) is 0. The van der Waals surface area contributed by atoms with E-state index >= 15 is 0 Å². The molecule has 0 bridgehead atoms. The predicted molar refractivity (Wildman–Crippen MR) is 62.6 cm³/mol. The van der Waals surface area contributed by atoms with E-state index in [1.54, 1.807) is 0 Å². The number of nitrogens with zero attached hydrogens (tertiary/aromatic N) is 1. The first-order valence-electron chi connectivity index (χ1n) is 5.68. The van der Waals surface area contributed by atoms with Crippen LogP contribution in [0.25, 0.3) is 0 Å². The van der Waals surface area contributed by atoms with Crippen molar-refractivity contribution >= 4 is 11.9 Å². The molecule has 0 spiro atoms. The van der Waals surface area contributed by atoms with E-state index in [1.807, 2.05) is 0 Å². The van der Waals surface area contributed by atoms with Crippen molar-refractivity contribution in [3.05, 3.63) is 0 Å². The quantitative estimate of drug-likeness (QED) is 0.682. The van der Waals surface area contributed by atoms with Gasteiger partial charge >= 0.3 is 11.9 Å². The molecule has 0 unspecified atom stereocenters. The lowest BCUT2D eigenvalue weighted by Gasteiger charge is -2.19. The molecule has 0 radical (unpaired) electrons. The first-order chi connectivity index (χ1) is 7.49. The Morgan fingerprint density at radius 2 is 1.06 bits per heavy atom. The van der Waals surface area contributed by atoms with Gasteiger partial charge in [-0.1, -0.05) is 20.8 Å². The highest BCUT2D eigenvalue weighted by Crippen LogP contribution is 1.94. The van der Waals surface area contributed by atoms with E-state index in [-0.39, 0.29) is 0 Å². The molecule has 16 heavy (non-hydrogen) atoms. The zero-order chi connectivity index (χ0) is 13.0. The van der Waals surface area contributed by atoms with Crippen LogP contribution in [0.5, 0.6) is 0 Å². The summed E-state index contributed by atoms with van der Waals surface area (Å²) in [5, 5.41) is 14.8. The van der Waals surface area contributed by atoms with Crippen molar-refractivity contribution in [1.82, 2.24) is 4.90 Å². The third-order valence-corrected chi connectivity index (χ3v) is 1.80.